The summed E-state index contributed by atoms with van der Waals surface area (Å²) < 4.78 is 46.5. The highest BCUT2D eigenvalue weighted by atomic mass is 31.2. The molecule has 562 valence electrons. The summed E-state index contributed by atoms with van der Waals surface area (Å²) in [5.41, 5.74) is 7.54. The number of Topliss-reactive ketones (excluding diaryl/α,β-unsaturated/α-hetero) is 2. The molecule has 5 rings (SSSR count). The minimum Gasteiger partial charge on any atom is -0.481 e. The van der Waals surface area contributed by atoms with Crippen LogP contribution in [0.1, 0.15) is 150 Å². The number of benzene rings is 1. The molecule has 14 N–H and O–H groups in total. The van der Waals surface area contributed by atoms with Gasteiger partial charge in [0.15, 0.2) is 0 Å². The molecule has 1 aromatic rings. The molecule has 19 atom stereocenters. The monoisotopic (exact) mass is 1440 g/mol. The Morgan fingerprint density at radius 1 is 0.810 bits per heavy atom. The number of phosphoric ester groups is 1. The predicted molar refractivity (Wildman–Crippen MR) is 356 cm³/mol. The lowest BCUT2D eigenvalue weighted by molar-refractivity contribution is -0.302. The number of nitrogens with zero attached hydrogens (tertiary/aromatic N) is 1. The van der Waals surface area contributed by atoms with Gasteiger partial charge in [-0.05, 0) is 125 Å². The van der Waals surface area contributed by atoms with E-state index in [4.69, 9.17) is 29.4 Å². The van der Waals surface area contributed by atoms with Gasteiger partial charge in [-0.1, -0.05) is 65.3 Å². The summed E-state index contributed by atoms with van der Waals surface area (Å²) in [6.07, 6.45) is -3.61. The van der Waals surface area contributed by atoms with Crippen LogP contribution < -0.4 is 31.5 Å². The van der Waals surface area contributed by atoms with Crippen LogP contribution in [0.15, 0.2) is 47.7 Å². The number of carbonyl (C=O) groups is 10. The maximum absolute atomic E-state index is 14.8. The number of cyclic esters (lactones) is 1. The summed E-state index contributed by atoms with van der Waals surface area (Å²) in [4.78, 5) is 158. The molecule has 1 unspecified atom stereocenters. The number of esters is 1. The average Bonchev–Trinajstić information content (AvgIpc) is 0.770. The number of aliphatic hydroxyl groups is 4. The van der Waals surface area contributed by atoms with Crippen molar-refractivity contribution >= 4 is 66.8 Å². The van der Waals surface area contributed by atoms with Crippen molar-refractivity contribution in [1.29, 1.82) is 0 Å². The number of rotatable bonds is 28. The van der Waals surface area contributed by atoms with E-state index in [0.29, 0.717) is 44.1 Å². The average molecular weight is 1440 g/mol. The molecular formula is C68H105N6O25P. The molecule has 2 saturated heterocycles. The normalized spacial score (nSPS) is 29.9. The number of aliphatic hydroxyl groups excluding tert-OH is 3. The minimum atomic E-state index is -5.03. The largest absolute Gasteiger partial charge is 0.524 e. The zero-order valence-electron chi connectivity index (χ0n) is 58.5. The molecule has 32 heteroatoms. The van der Waals surface area contributed by atoms with Crippen LogP contribution in [0.25, 0.3) is 0 Å². The zero-order chi connectivity index (χ0) is 74.5. The summed E-state index contributed by atoms with van der Waals surface area (Å²) in [7, 11) is -2.23. The second kappa shape index (κ2) is 39.0. The van der Waals surface area contributed by atoms with Gasteiger partial charge >= 0.3 is 25.7 Å². The van der Waals surface area contributed by atoms with E-state index in [-0.39, 0.29) is 67.7 Å². The third-order valence-corrected chi connectivity index (χ3v) is 20.1. The Morgan fingerprint density at radius 2 is 1.41 bits per heavy atom. The lowest BCUT2D eigenvalue weighted by Gasteiger charge is -2.47. The Labute approximate surface area is 582 Å². The molecule has 100 heavy (non-hydrogen) atoms. The fourth-order valence-corrected chi connectivity index (χ4v) is 13.7. The number of nitrogens with two attached hydrogens (primary N) is 1. The molecule has 4 aliphatic rings. The first kappa shape index (κ1) is 83.9. The van der Waals surface area contributed by atoms with Crippen molar-refractivity contribution in [3.8, 4) is 5.75 Å². The summed E-state index contributed by atoms with van der Waals surface area (Å²) >= 11 is 0. The van der Waals surface area contributed by atoms with Gasteiger partial charge in [-0.25, -0.2) is 9.36 Å². The maximum Gasteiger partial charge on any atom is 0.524 e. The van der Waals surface area contributed by atoms with Crippen LogP contribution in [0.5, 0.6) is 5.75 Å². The van der Waals surface area contributed by atoms with Crippen LogP contribution in [0.4, 0.5) is 0 Å². The lowest BCUT2D eigenvalue weighted by atomic mass is 9.78. The standard InChI is InChI=1S/C68H105N6O25P/c1-10-37(3)41(7)70-63(85)48(19-22-58(80)81)72-64(86)49(20-23-59(82)83)73-65(87)50(30-42-14-17-47(18-15-42)99-100(91,92)93)71-57(79)35-96-34-45-31-46(69)25-36(2)26-55(94-8)61-56(95-9)28-39(5)68(90,98-61)62(84)66(88)74-24-12-11-13-51(74)67(89)97-60(40(6)53(77)32-54(45)78)38(4)27-43-16-21-52(76)44(29-43)33-75/h14-15,17-18,27,31,36-37,39-41,43-45,48-53,55-56,60-61,75-77,90H,10-13,16,19-26,28-30,32-35,69H2,1-9H3,(H,70,85)(H,71,79)(H,72,86)(H,73,87)(H,80,81)(H,82,83)(H2,91,92,93)/b38-27+,46-31-/t36-,37?,39+,40+,41-,43-,44-,45-,48+,49+,50+,51-,52+,53-,55-,56-,60+,61+,68+/m0/s1. The molecule has 3 aliphatic heterocycles. The smallest absolute Gasteiger partial charge is 0.481 e. The van der Waals surface area contributed by atoms with Gasteiger partial charge in [0.2, 0.25) is 29.4 Å². The van der Waals surface area contributed by atoms with E-state index in [2.05, 4.69) is 25.8 Å². The fourth-order valence-electron chi connectivity index (χ4n) is 13.3. The fraction of sp³-hybridized carbons (Fsp3) is 0.706. The number of carbonyl (C=O) groups excluding carboxylic acids is 8. The molecule has 0 radical (unpaired) electrons. The Balaban J connectivity index is 1.51. The number of fused-ring (bicyclic) bond motifs is 3. The summed E-state index contributed by atoms with van der Waals surface area (Å²) in [6, 6.07) is -1.69. The van der Waals surface area contributed by atoms with Gasteiger partial charge in [0.1, 0.15) is 54.5 Å². The number of amides is 5. The van der Waals surface area contributed by atoms with Crippen LogP contribution in [-0.2, 0) is 82.6 Å². The predicted octanol–water partition coefficient (Wildman–Crippen LogP) is 2.02. The topological polar surface area (TPSA) is 482 Å². The third kappa shape index (κ3) is 24.8. The van der Waals surface area contributed by atoms with E-state index in [1.54, 1.807) is 20.8 Å². The first-order chi connectivity index (χ1) is 47.0. The van der Waals surface area contributed by atoms with E-state index in [0.717, 1.165) is 17.0 Å². The van der Waals surface area contributed by atoms with Gasteiger partial charge in [0.05, 0.1) is 36.9 Å². The molecule has 2 bridgehead atoms. The molecule has 1 aromatic carbocycles. The van der Waals surface area contributed by atoms with Crippen molar-refractivity contribution in [3.05, 3.63) is 53.3 Å². The van der Waals surface area contributed by atoms with Crippen molar-refractivity contribution in [2.45, 2.75) is 224 Å². The number of hydrogen-bond donors (Lipinski definition) is 13. The van der Waals surface area contributed by atoms with Crippen molar-refractivity contribution in [1.82, 2.24) is 26.2 Å². The van der Waals surface area contributed by atoms with E-state index in [1.165, 1.54) is 46.3 Å². The van der Waals surface area contributed by atoms with Crippen LogP contribution in [0.3, 0.4) is 0 Å². The first-order valence-corrected chi connectivity index (χ1v) is 35.8. The van der Waals surface area contributed by atoms with Crippen molar-refractivity contribution in [2.75, 3.05) is 40.6 Å². The van der Waals surface area contributed by atoms with E-state index >= 15 is 0 Å². The number of aliphatic carboxylic acids is 2. The lowest BCUT2D eigenvalue weighted by Crippen LogP contribution is -2.64. The Morgan fingerprint density at radius 3 is 1.99 bits per heavy atom. The number of piperidine rings is 1. The number of hydrogen-bond acceptors (Lipinski definition) is 22. The minimum absolute atomic E-state index is 0.0297. The maximum atomic E-state index is 14.8. The van der Waals surface area contributed by atoms with Crippen LogP contribution >= 0.6 is 7.82 Å². The molecule has 0 aromatic heterocycles. The zero-order valence-corrected chi connectivity index (χ0v) is 59.4. The SMILES string of the molecule is CCC(C)[C@H](C)NC(=O)[C@@H](CCC(=O)O)NC(=O)[C@@H](CCC(=O)O)NC(=O)[C@@H](Cc1ccc(OP(=O)(O)O)cc1)NC(=O)COC[C@@H]1/C=C(\N)C[C@H](C)C[C@H](OC)[C@H]2O[C@@](O)(C(=O)C(=O)N3CCCC[C@H]3C(=O)O[C@H](/C(C)=C/[C@@H]3CC[C@@H](O)[C@H](CO)C3)[C@H](C)[C@@H](O)CC1=O)[C@H](C)C[C@@H]2OC. The van der Waals surface area contributed by atoms with Crippen molar-refractivity contribution in [2.24, 2.45) is 47.2 Å². The highest BCUT2D eigenvalue weighted by Gasteiger charge is 2.57. The van der Waals surface area contributed by atoms with E-state index < -0.39 is 221 Å². The Bertz CT molecular complexity index is 3090. The van der Waals surface area contributed by atoms with Gasteiger partial charge in [-0.3, -0.25) is 52.9 Å². The van der Waals surface area contributed by atoms with Gasteiger partial charge in [-0.2, -0.15) is 0 Å². The molecule has 0 spiro atoms. The second-order valence-electron chi connectivity index (χ2n) is 27.4. The Hall–Kier alpha value is -6.77. The number of methoxy groups -OCH3 is 2. The van der Waals surface area contributed by atoms with Gasteiger partial charge in [0, 0.05) is 82.5 Å². The number of allylic oxidation sites excluding steroid dienone is 2. The molecule has 3 heterocycles. The molecule has 3 fully saturated rings. The number of carboxylic acids is 2. The highest BCUT2D eigenvalue weighted by Crippen LogP contribution is 2.40. The second-order valence-corrected chi connectivity index (χ2v) is 28.5. The summed E-state index contributed by atoms with van der Waals surface area (Å²) in [6.45, 7) is 10.2. The van der Waals surface area contributed by atoms with Gasteiger partial charge in [-0.15, -0.1) is 0 Å². The van der Waals surface area contributed by atoms with Crippen LogP contribution in [-0.4, -0.2) is 218 Å². The Kier molecular flexibility index (Phi) is 32.7. The number of nitrogens with one attached hydrogen (secondary N) is 4. The molecular weight excluding hydrogens is 1330 g/mol. The quantitative estimate of drug-likeness (QED) is 0.0247. The number of ketones is 2. The van der Waals surface area contributed by atoms with Crippen molar-refractivity contribution in [3.63, 3.8) is 0 Å². The van der Waals surface area contributed by atoms with E-state index in [1.807, 2.05) is 19.9 Å². The van der Waals surface area contributed by atoms with Gasteiger partial charge < -0.3 is 90.7 Å². The number of phosphoric acid groups is 1. The highest BCUT2D eigenvalue weighted by molar-refractivity contribution is 7.46. The van der Waals surface area contributed by atoms with Crippen molar-refractivity contribution < 1.29 is 121 Å². The first-order valence-electron chi connectivity index (χ1n) is 34.2. The van der Waals surface area contributed by atoms with E-state index in [9.17, 15) is 92.9 Å². The van der Waals surface area contributed by atoms with Crippen LogP contribution in [0.2, 0.25) is 0 Å². The molecule has 1 saturated carbocycles. The number of carboxylic acid groups (broad SMARTS) is 2. The third-order valence-electron chi connectivity index (χ3n) is 19.6. The van der Waals surface area contributed by atoms with Gasteiger partial charge in [0.25, 0.3) is 11.7 Å². The van der Waals surface area contributed by atoms with Crippen LogP contribution in [0, 0.1) is 41.4 Å². The molecule has 5 amide bonds. The number of ether oxygens (including phenoxy) is 5. The molecule has 31 nitrogen and oxygen atoms in total. The summed E-state index contributed by atoms with van der Waals surface area (Å²) in [5.74, 6) is -18.3. The molecule has 1 aliphatic carbocycles. The summed E-state index contributed by atoms with van der Waals surface area (Å²) in [5, 5.41) is 74.6.